The maximum absolute atomic E-state index is 11.0. The zero-order valence-electron chi connectivity index (χ0n) is 13.5. The summed E-state index contributed by atoms with van der Waals surface area (Å²) >= 11 is 0. The molecule has 0 aromatic heterocycles. The molecule has 118 valence electrons. The number of benzene rings is 2. The lowest BCUT2D eigenvalue weighted by atomic mass is 9.74. The molecule has 0 saturated heterocycles. The highest BCUT2D eigenvalue weighted by Crippen LogP contribution is 2.36. The number of carbonyl (C=O) groups is 1. The van der Waals surface area contributed by atoms with E-state index in [2.05, 4.69) is 6.07 Å². The number of carbonyl (C=O) groups excluding carboxylic acids is 1. The Labute approximate surface area is 136 Å². The number of esters is 1. The first-order valence-electron chi connectivity index (χ1n) is 7.30. The number of rotatable bonds is 5. The minimum absolute atomic E-state index is 0.340. The highest BCUT2D eigenvalue weighted by atomic mass is 16.5. The van der Waals surface area contributed by atoms with E-state index >= 15 is 0 Å². The van der Waals surface area contributed by atoms with Crippen molar-refractivity contribution in [1.29, 1.82) is 5.26 Å². The van der Waals surface area contributed by atoms with Crippen LogP contribution in [-0.4, -0.2) is 13.1 Å². The summed E-state index contributed by atoms with van der Waals surface area (Å²) in [5.41, 5.74) is 1.57. The second-order valence-electron chi connectivity index (χ2n) is 5.51. The lowest BCUT2D eigenvalue weighted by Crippen LogP contribution is -2.23. The van der Waals surface area contributed by atoms with Crippen LogP contribution in [0.4, 0.5) is 0 Å². The molecule has 0 aliphatic heterocycles. The smallest absolute Gasteiger partial charge is 0.308 e. The molecule has 0 fully saturated rings. The second kappa shape index (κ2) is 6.97. The van der Waals surface area contributed by atoms with Gasteiger partial charge in [0.05, 0.1) is 13.2 Å². The summed E-state index contributed by atoms with van der Waals surface area (Å²) < 4.78 is 10.2. The fraction of sp³-hybridized carbons (Fsp3) is 0.263. The molecule has 1 atom stereocenters. The molecule has 0 saturated carbocycles. The molecule has 2 aromatic carbocycles. The van der Waals surface area contributed by atoms with Crippen molar-refractivity contribution in [2.24, 2.45) is 0 Å². The molecule has 0 aliphatic carbocycles. The Kier molecular flexibility index (Phi) is 5.02. The monoisotopic (exact) mass is 309 g/mol. The van der Waals surface area contributed by atoms with E-state index in [1.165, 1.54) is 6.92 Å². The van der Waals surface area contributed by atoms with Crippen molar-refractivity contribution >= 4 is 5.97 Å². The maximum Gasteiger partial charge on any atom is 0.308 e. The summed E-state index contributed by atoms with van der Waals surface area (Å²) in [6.45, 7) is 3.39. The average Bonchev–Trinajstić information content (AvgIpc) is 2.55. The van der Waals surface area contributed by atoms with Crippen LogP contribution in [0.15, 0.2) is 48.5 Å². The zero-order valence-corrected chi connectivity index (χ0v) is 13.5. The molecular weight excluding hydrogens is 290 g/mol. The lowest BCUT2D eigenvalue weighted by Gasteiger charge is -2.28. The molecule has 2 aromatic rings. The number of nitrogens with zero attached hydrogens (tertiary/aromatic N) is 1. The maximum atomic E-state index is 11.0. The van der Waals surface area contributed by atoms with Crippen molar-refractivity contribution in [3.63, 3.8) is 0 Å². The molecule has 0 heterocycles. The van der Waals surface area contributed by atoms with Gasteiger partial charge in [-0.3, -0.25) is 4.79 Å². The minimum atomic E-state index is -0.449. The third-order valence-corrected chi connectivity index (χ3v) is 3.91. The van der Waals surface area contributed by atoms with E-state index in [0.29, 0.717) is 12.2 Å². The first-order valence-corrected chi connectivity index (χ1v) is 7.30. The molecule has 0 amide bonds. The van der Waals surface area contributed by atoms with Crippen LogP contribution in [0.1, 0.15) is 31.4 Å². The van der Waals surface area contributed by atoms with E-state index in [1.807, 2.05) is 43.3 Å². The molecule has 4 heteroatoms. The summed E-state index contributed by atoms with van der Waals surface area (Å²) in [6, 6.07) is 17.2. The second-order valence-corrected chi connectivity index (χ2v) is 5.51. The summed E-state index contributed by atoms with van der Waals surface area (Å²) in [4.78, 5) is 11.0. The summed E-state index contributed by atoms with van der Waals surface area (Å²) in [5, 5.41) is 9.25. The SMILES string of the molecule is COc1ccc(C(C)(CC#N)c2ccc(OC(C)=O)cc2)cc1. The molecule has 0 radical (unpaired) electrons. The molecule has 0 N–H and O–H groups in total. The number of hydrogen-bond donors (Lipinski definition) is 0. The Morgan fingerprint density at radius 3 is 1.91 bits per heavy atom. The average molecular weight is 309 g/mol. The van der Waals surface area contributed by atoms with Crippen molar-refractivity contribution in [3.8, 4) is 17.6 Å². The highest BCUT2D eigenvalue weighted by Gasteiger charge is 2.29. The topological polar surface area (TPSA) is 59.3 Å². The van der Waals surface area contributed by atoms with Crippen LogP contribution < -0.4 is 9.47 Å². The summed E-state index contributed by atoms with van der Waals surface area (Å²) in [5.74, 6) is 0.918. The molecule has 23 heavy (non-hydrogen) atoms. The van der Waals surface area contributed by atoms with Gasteiger partial charge in [0, 0.05) is 18.8 Å². The van der Waals surface area contributed by atoms with Gasteiger partial charge >= 0.3 is 5.97 Å². The summed E-state index contributed by atoms with van der Waals surface area (Å²) in [7, 11) is 1.62. The van der Waals surface area contributed by atoms with Gasteiger partial charge in [0.25, 0.3) is 0 Å². The molecule has 0 bridgehead atoms. The largest absolute Gasteiger partial charge is 0.497 e. The molecule has 1 unspecified atom stereocenters. The molecular formula is C19H19NO3. The van der Waals surface area contributed by atoms with Gasteiger partial charge in [-0.1, -0.05) is 31.2 Å². The Hall–Kier alpha value is -2.80. The first-order chi connectivity index (χ1) is 11.0. The van der Waals surface area contributed by atoms with Crippen LogP contribution in [-0.2, 0) is 10.2 Å². The van der Waals surface area contributed by atoms with Crippen LogP contribution in [0.2, 0.25) is 0 Å². The van der Waals surface area contributed by atoms with Gasteiger partial charge in [-0.05, 0) is 35.4 Å². The zero-order chi connectivity index (χ0) is 16.9. The number of methoxy groups -OCH3 is 1. The van der Waals surface area contributed by atoms with Gasteiger partial charge in [-0.25, -0.2) is 0 Å². The fourth-order valence-electron chi connectivity index (χ4n) is 2.54. The van der Waals surface area contributed by atoms with E-state index in [9.17, 15) is 10.1 Å². The highest BCUT2D eigenvalue weighted by molar-refractivity contribution is 5.69. The van der Waals surface area contributed by atoms with Crippen LogP contribution in [0.25, 0.3) is 0 Å². The number of nitriles is 1. The third kappa shape index (κ3) is 3.70. The van der Waals surface area contributed by atoms with E-state index in [-0.39, 0.29) is 5.97 Å². The minimum Gasteiger partial charge on any atom is -0.497 e. The van der Waals surface area contributed by atoms with E-state index in [0.717, 1.165) is 16.9 Å². The molecule has 4 nitrogen and oxygen atoms in total. The van der Waals surface area contributed by atoms with Crippen LogP contribution in [0.5, 0.6) is 11.5 Å². The fourth-order valence-corrected chi connectivity index (χ4v) is 2.54. The van der Waals surface area contributed by atoms with Gasteiger partial charge in [0.1, 0.15) is 11.5 Å². The van der Waals surface area contributed by atoms with E-state index in [4.69, 9.17) is 9.47 Å². The van der Waals surface area contributed by atoms with Gasteiger partial charge in [-0.15, -0.1) is 0 Å². The first kappa shape index (κ1) is 16.6. The van der Waals surface area contributed by atoms with Crippen LogP contribution in [0.3, 0.4) is 0 Å². The van der Waals surface area contributed by atoms with Crippen molar-refractivity contribution in [2.45, 2.75) is 25.7 Å². The lowest BCUT2D eigenvalue weighted by molar-refractivity contribution is -0.131. The number of hydrogen-bond acceptors (Lipinski definition) is 4. The van der Waals surface area contributed by atoms with Gasteiger partial charge in [-0.2, -0.15) is 5.26 Å². The van der Waals surface area contributed by atoms with Gasteiger partial charge in [0.15, 0.2) is 0 Å². The van der Waals surface area contributed by atoms with Crippen molar-refractivity contribution in [1.82, 2.24) is 0 Å². The Bertz CT molecular complexity index is 714. The van der Waals surface area contributed by atoms with Crippen molar-refractivity contribution in [2.75, 3.05) is 7.11 Å². The Balaban J connectivity index is 2.39. The van der Waals surface area contributed by atoms with Gasteiger partial charge in [0.2, 0.25) is 0 Å². The predicted molar refractivity (Wildman–Crippen MR) is 87.4 cm³/mol. The van der Waals surface area contributed by atoms with E-state index < -0.39 is 5.41 Å². The quantitative estimate of drug-likeness (QED) is 0.622. The van der Waals surface area contributed by atoms with Crippen molar-refractivity contribution in [3.05, 3.63) is 59.7 Å². The normalized spacial score (nSPS) is 12.8. The standard InChI is InChI=1S/C19H19NO3/c1-14(21)23-18-10-6-16(7-11-18)19(2,12-13-20)15-4-8-17(22-3)9-5-15/h4-11H,12H2,1-3H3. The molecule has 2 rings (SSSR count). The van der Waals surface area contributed by atoms with Crippen molar-refractivity contribution < 1.29 is 14.3 Å². The summed E-state index contributed by atoms with van der Waals surface area (Å²) in [6.07, 6.45) is 0.340. The van der Waals surface area contributed by atoms with E-state index in [1.54, 1.807) is 19.2 Å². The Morgan fingerprint density at radius 2 is 1.52 bits per heavy atom. The number of ether oxygens (including phenoxy) is 2. The molecule has 0 aliphatic rings. The van der Waals surface area contributed by atoms with Crippen LogP contribution >= 0.6 is 0 Å². The Morgan fingerprint density at radius 1 is 1.04 bits per heavy atom. The predicted octanol–water partition coefficient (Wildman–Crippen LogP) is 3.84. The van der Waals surface area contributed by atoms with Crippen LogP contribution in [0, 0.1) is 11.3 Å². The molecule has 0 spiro atoms. The van der Waals surface area contributed by atoms with Gasteiger partial charge < -0.3 is 9.47 Å². The third-order valence-electron chi connectivity index (χ3n) is 3.91.